The molecule has 0 saturated carbocycles. The maximum atomic E-state index is 11.7. The highest BCUT2D eigenvalue weighted by Gasteiger charge is 2.05. The molecule has 1 aromatic carbocycles. The van der Waals surface area contributed by atoms with Gasteiger partial charge in [-0.05, 0) is 32.4 Å². The molecule has 0 saturated heterocycles. The van der Waals surface area contributed by atoms with Gasteiger partial charge in [0.25, 0.3) is 0 Å². The summed E-state index contributed by atoms with van der Waals surface area (Å²) in [5, 5.41) is 5.75. The van der Waals surface area contributed by atoms with Crippen LogP contribution in [0.25, 0.3) is 0 Å². The second kappa shape index (κ2) is 8.32. The zero-order chi connectivity index (χ0) is 15.0. The summed E-state index contributed by atoms with van der Waals surface area (Å²) in [6, 6.07) is 5.86. The van der Waals surface area contributed by atoms with Gasteiger partial charge in [0.05, 0.1) is 19.6 Å². The van der Waals surface area contributed by atoms with Gasteiger partial charge in [0, 0.05) is 12.2 Å². The van der Waals surface area contributed by atoms with Gasteiger partial charge in [-0.2, -0.15) is 0 Å². The van der Waals surface area contributed by atoms with Crippen molar-refractivity contribution in [1.82, 2.24) is 5.32 Å². The molecule has 5 heteroatoms. The highest BCUT2D eigenvalue weighted by Crippen LogP contribution is 2.15. The van der Waals surface area contributed by atoms with Crippen molar-refractivity contribution in [3.8, 4) is 0 Å². The first-order chi connectivity index (χ1) is 9.52. The van der Waals surface area contributed by atoms with Crippen LogP contribution >= 0.6 is 0 Å². The molecule has 0 spiro atoms. The first-order valence-electron chi connectivity index (χ1n) is 6.76. The first-order valence-corrected chi connectivity index (χ1v) is 6.76. The molecule has 1 aromatic rings. The van der Waals surface area contributed by atoms with E-state index < -0.39 is 0 Å². The molecule has 5 nitrogen and oxygen atoms in total. The molecule has 110 valence electrons. The number of aryl methyl sites for hydroxylation is 2. The summed E-state index contributed by atoms with van der Waals surface area (Å²) >= 11 is 0. The summed E-state index contributed by atoms with van der Waals surface area (Å²) in [6.45, 7) is 6.72. The predicted molar refractivity (Wildman–Crippen MR) is 78.7 cm³/mol. The third-order valence-electron chi connectivity index (χ3n) is 2.75. The minimum absolute atomic E-state index is 0.124. The smallest absolute Gasteiger partial charge is 0.307 e. The number of amides is 1. The lowest BCUT2D eigenvalue weighted by molar-refractivity contribution is -0.143. The Morgan fingerprint density at radius 1 is 1.25 bits per heavy atom. The molecule has 0 fully saturated rings. The summed E-state index contributed by atoms with van der Waals surface area (Å²) in [7, 11) is 0. The van der Waals surface area contributed by atoms with Gasteiger partial charge in [-0.3, -0.25) is 9.59 Å². The minimum atomic E-state index is -0.255. The van der Waals surface area contributed by atoms with E-state index in [9.17, 15) is 9.59 Å². The van der Waals surface area contributed by atoms with Crippen molar-refractivity contribution >= 4 is 17.6 Å². The van der Waals surface area contributed by atoms with Crippen LogP contribution in [-0.2, 0) is 14.3 Å². The largest absolute Gasteiger partial charge is 0.466 e. The molecule has 0 aliphatic rings. The number of hydrogen-bond acceptors (Lipinski definition) is 4. The van der Waals surface area contributed by atoms with E-state index in [2.05, 4.69) is 10.6 Å². The van der Waals surface area contributed by atoms with E-state index in [-0.39, 0.29) is 24.8 Å². The van der Waals surface area contributed by atoms with Crippen LogP contribution in [0.3, 0.4) is 0 Å². The molecule has 1 amide bonds. The lowest BCUT2D eigenvalue weighted by atomic mass is 10.1. The van der Waals surface area contributed by atoms with Gasteiger partial charge in [0.2, 0.25) is 5.91 Å². The van der Waals surface area contributed by atoms with Gasteiger partial charge in [-0.1, -0.05) is 17.7 Å². The van der Waals surface area contributed by atoms with Crippen LogP contribution in [0.4, 0.5) is 5.69 Å². The topological polar surface area (TPSA) is 67.4 Å². The van der Waals surface area contributed by atoms with E-state index in [0.717, 1.165) is 16.8 Å². The number of nitrogens with one attached hydrogen (secondary N) is 2. The third-order valence-corrected chi connectivity index (χ3v) is 2.75. The Morgan fingerprint density at radius 3 is 2.65 bits per heavy atom. The van der Waals surface area contributed by atoms with Crippen LogP contribution in [-0.4, -0.2) is 31.6 Å². The molecular formula is C15H22N2O3. The Labute approximate surface area is 119 Å². The van der Waals surface area contributed by atoms with Gasteiger partial charge in [-0.25, -0.2) is 0 Å². The van der Waals surface area contributed by atoms with E-state index >= 15 is 0 Å². The second-order valence-electron chi connectivity index (χ2n) is 4.60. The van der Waals surface area contributed by atoms with Gasteiger partial charge in [0.15, 0.2) is 0 Å². The highest BCUT2D eigenvalue weighted by atomic mass is 16.5. The lowest BCUT2D eigenvalue weighted by Crippen LogP contribution is -2.30. The quantitative estimate of drug-likeness (QED) is 0.589. The SMILES string of the molecule is CCOC(=O)CCNCC(=O)Nc1ccc(C)cc1C. The molecule has 0 radical (unpaired) electrons. The van der Waals surface area contributed by atoms with Crippen LogP contribution in [0.5, 0.6) is 0 Å². The van der Waals surface area contributed by atoms with Crippen molar-refractivity contribution in [3.63, 3.8) is 0 Å². The van der Waals surface area contributed by atoms with Crippen LogP contribution in [0.2, 0.25) is 0 Å². The van der Waals surface area contributed by atoms with Crippen LogP contribution < -0.4 is 10.6 Å². The summed E-state index contributed by atoms with van der Waals surface area (Å²) < 4.78 is 4.79. The Bertz CT molecular complexity index is 472. The van der Waals surface area contributed by atoms with Gasteiger partial charge >= 0.3 is 5.97 Å². The molecule has 0 aliphatic carbocycles. The Balaban J connectivity index is 2.28. The van der Waals surface area contributed by atoms with Crippen molar-refractivity contribution in [2.75, 3.05) is 25.0 Å². The Hall–Kier alpha value is -1.88. The van der Waals surface area contributed by atoms with E-state index in [1.165, 1.54) is 0 Å². The van der Waals surface area contributed by atoms with Crippen LogP contribution in [0.15, 0.2) is 18.2 Å². The van der Waals surface area contributed by atoms with E-state index in [0.29, 0.717) is 13.2 Å². The zero-order valence-electron chi connectivity index (χ0n) is 12.3. The monoisotopic (exact) mass is 278 g/mol. The fraction of sp³-hybridized carbons (Fsp3) is 0.467. The van der Waals surface area contributed by atoms with E-state index in [1.54, 1.807) is 6.92 Å². The van der Waals surface area contributed by atoms with Crippen LogP contribution in [0.1, 0.15) is 24.5 Å². The van der Waals surface area contributed by atoms with Gasteiger partial charge in [-0.15, -0.1) is 0 Å². The molecule has 0 aromatic heterocycles. The number of hydrogen-bond donors (Lipinski definition) is 2. The number of carbonyl (C=O) groups is 2. The molecule has 2 N–H and O–H groups in total. The Morgan fingerprint density at radius 2 is 2.00 bits per heavy atom. The average molecular weight is 278 g/mol. The molecule has 1 rings (SSSR count). The first kappa shape index (κ1) is 16.2. The molecular weight excluding hydrogens is 256 g/mol. The summed E-state index contributed by atoms with van der Waals surface area (Å²) in [5.41, 5.74) is 3.01. The summed E-state index contributed by atoms with van der Waals surface area (Å²) in [6.07, 6.45) is 0.269. The summed E-state index contributed by atoms with van der Waals surface area (Å²) in [4.78, 5) is 22.8. The number of benzene rings is 1. The number of esters is 1. The minimum Gasteiger partial charge on any atom is -0.466 e. The van der Waals surface area contributed by atoms with E-state index in [4.69, 9.17) is 4.74 Å². The highest BCUT2D eigenvalue weighted by molar-refractivity contribution is 5.93. The van der Waals surface area contributed by atoms with Crippen LogP contribution in [0, 0.1) is 13.8 Å². The Kier molecular flexibility index (Phi) is 6.73. The molecule has 20 heavy (non-hydrogen) atoms. The van der Waals surface area contributed by atoms with Crippen molar-refractivity contribution in [3.05, 3.63) is 29.3 Å². The average Bonchev–Trinajstić information content (AvgIpc) is 2.38. The third kappa shape index (κ3) is 5.84. The molecule has 0 bridgehead atoms. The fourth-order valence-corrected chi connectivity index (χ4v) is 1.77. The molecule has 0 unspecified atom stereocenters. The maximum absolute atomic E-state index is 11.7. The van der Waals surface area contributed by atoms with E-state index in [1.807, 2.05) is 32.0 Å². The molecule has 0 aliphatic heterocycles. The number of carbonyl (C=O) groups excluding carboxylic acids is 2. The fourth-order valence-electron chi connectivity index (χ4n) is 1.77. The summed E-state index contributed by atoms with van der Waals surface area (Å²) in [5.74, 6) is -0.379. The molecule has 0 atom stereocenters. The normalized spacial score (nSPS) is 10.2. The zero-order valence-corrected chi connectivity index (χ0v) is 12.3. The van der Waals surface area contributed by atoms with Crippen molar-refractivity contribution < 1.29 is 14.3 Å². The van der Waals surface area contributed by atoms with Crippen molar-refractivity contribution in [2.24, 2.45) is 0 Å². The predicted octanol–water partition coefficient (Wildman–Crippen LogP) is 1.78. The second-order valence-corrected chi connectivity index (χ2v) is 4.60. The number of ether oxygens (including phenoxy) is 1. The van der Waals surface area contributed by atoms with Gasteiger partial charge < -0.3 is 15.4 Å². The standard InChI is InChI=1S/C15H22N2O3/c1-4-20-15(19)7-8-16-10-14(18)17-13-6-5-11(2)9-12(13)3/h5-6,9,16H,4,7-8,10H2,1-3H3,(H,17,18). The number of rotatable bonds is 7. The maximum Gasteiger partial charge on any atom is 0.307 e. The van der Waals surface area contributed by atoms with Crippen molar-refractivity contribution in [1.29, 1.82) is 0 Å². The molecule has 0 heterocycles. The number of anilines is 1. The van der Waals surface area contributed by atoms with Gasteiger partial charge in [0.1, 0.15) is 0 Å². The lowest BCUT2D eigenvalue weighted by Gasteiger charge is -2.09. The van der Waals surface area contributed by atoms with Crippen molar-refractivity contribution in [2.45, 2.75) is 27.2 Å².